The van der Waals surface area contributed by atoms with E-state index in [4.69, 9.17) is 9.47 Å². The number of amides is 1. The Morgan fingerprint density at radius 1 is 1.21 bits per heavy atom. The van der Waals surface area contributed by atoms with Crippen molar-refractivity contribution >= 4 is 22.4 Å². The van der Waals surface area contributed by atoms with Crippen molar-refractivity contribution in [3.05, 3.63) is 71.1 Å². The highest BCUT2D eigenvalue weighted by Crippen LogP contribution is 2.38. The number of piperidine rings is 1. The second kappa shape index (κ2) is 10.4. The summed E-state index contributed by atoms with van der Waals surface area (Å²) in [5.74, 6) is -0.0464. The lowest BCUT2D eigenvalue weighted by molar-refractivity contribution is -0.159. The van der Waals surface area contributed by atoms with E-state index in [2.05, 4.69) is 58.5 Å². The lowest BCUT2D eigenvalue weighted by atomic mass is 9.85. The number of anilines is 1. The average molecular weight is 478 g/mol. The van der Waals surface area contributed by atoms with E-state index >= 15 is 0 Å². The number of likely N-dealkylation sites (tertiary alicyclic amines) is 1. The standard InChI is InChI=1S/C27H31N3O3S/c1-20-8-10-22(11-9-20)23-19-34-26(28-23)29-25(31)17-30-14-13-27(12-5-15-33-27)24(16-30)32-18-21-6-3-2-4-7-21/h2-4,6-11,19,24H,5,12-18H2,1H3,(H,28,29,31). The quantitative estimate of drug-likeness (QED) is 0.525. The van der Waals surface area contributed by atoms with Crippen LogP contribution >= 0.6 is 11.3 Å². The Kier molecular flexibility index (Phi) is 7.06. The van der Waals surface area contributed by atoms with Gasteiger partial charge in [0.05, 0.1) is 30.6 Å². The van der Waals surface area contributed by atoms with Crippen LogP contribution in [0.25, 0.3) is 11.3 Å². The van der Waals surface area contributed by atoms with Crippen LogP contribution < -0.4 is 5.32 Å². The summed E-state index contributed by atoms with van der Waals surface area (Å²) >= 11 is 1.45. The maximum atomic E-state index is 12.8. The normalized spacial score (nSPS) is 22.8. The fraction of sp³-hybridized carbons (Fsp3) is 0.407. The molecule has 2 aliphatic heterocycles. The van der Waals surface area contributed by atoms with Gasteiger partial charge in [-0.3, -0.25) is 9.69 Å². The number of rotatable bonds is 7. The van der Waals surface area contributed by atoms with Crippen LogP contribution in [0.5, 0.6) is 0 Å². The number of aryl methyl sites for hydroxylation is 1. The van der Waals surface area contributed by atoms with Crippen molar-refractivity contribution in [3.8, 4) is 11.3 Å². The molecule has 1 aromatic heterocycles. The number of hydrogen-bond donors (Lipinski definition) is 1. The van der Waals surface area contributed by atoms with E-state index in [9.17, 15) is 4.79 Å². The first-order chi connectivity index (χ1) is 16.6. The van der Waals surface area contributed by atoms with Crippen LogP contribution in [0, 0.1) is 6.92 Å². The molecule has 1 spiro atoms. The highest BCUT2D eigenvalue weighted by atomic mass is 32.1. The van der Waals surface area contributed by atoms with Gasteiger partial charge in [0.15, 0.2) is 5.13 Å². The molecule has 7 heteroatoms. The van der Waals surface area contributed by atoms with Gasteiger partial charge < -0.3 is 14.8 Å². The van der Waals surface area contributed by atoms with E-state index in [0.717, 1.165) is 49.2 Å². The predicted molar refractivity (Wildman–Crippen MR) is 135 cm³/mol. The van der Waals surface area contributed by atoms with Gasteiger partial charge in [0.1, 0.15) is 0 Å². The van der Waals surface area contributed by atoms with Crippen molar-refractivity contribution in [3.63, 3.8) is 0 Å². The lowest BCUT2D eigenvalue weighted by Crippen LogP contribution is -2.57. The van der Waals surface area contributed by atoms with Crippen molar-refractivity contribution in [1.29, 1.82) is 0 Å². The summed E-state index contributed by atoms with van der Waals surface area (Å²) in [5.41, 5.74) is 4.08. The van der Waals surface area contributed by atoms with E-state index in [-0.39, 0.29) is 17.6 Å². The number of carbonyl (C=O) groups is 1. The number of thiazole rings is 1. The maximum Gasteiger partial charge on any atom is 0.240 e. The molecule has 0 radical (unpaired) electrons. The van der Waals surface area contributed by atoms with Gasteiger partial charge in [-0.15, -0.1) is 11.3 Å². The van der Waals surface area contributed by atoms with Gasteiger partial charge in [-0.25, -0.2) is 4.98 Å². The van der Waals surface area contributed by atoms with Crippen molar-refractivity contribution in [2.24, 2.45) is 0 Å². The Morgan fingerprint density at radius 3 is 2.79 bits per heavy atom. The number of carbonyl (C=O) groups excluding carboxylic acids is 1. The molecule has 178 valence electrons. The molecule has 2 aromatic carbocycles. The molecule has 0 aliphatic carbocycles. The van der Waals surface area contributed by atoms with Crippen LogP contribution in [0.15, 0.2) is 60.0 Å². The second-order valence-corrected chi connectivity index (χ2v) is 10.1. The highest BCUT2D eigenvalue weighted by molar-refractivity contribution is 7.14. The molecule has 0 saturated carbocycles. The average Bonchev–Trinajstić information content (AvgIpc) is 3.51. The van der Waals surface area contributed by atoms with Gasteiger partial charge in [-0.05, 0) is 31.7 Å². The summed E-state index contributed by atoms with van der Waals surface area (Å²) in [6.07, 6.45) is 2.92. The number of hydrogen-bond acceptors (Lipinski definition) is 6. The zero-order valence-corrected chi connectivity index (χ0v) is 20.4. The molecule has 2 fully saturated rings. The summed E-state index contributed by atoms with van der Waals surface area (Å²) in [5, 5.41) is 5.59. The van der Waals surface area contributed by atoms with Gasteiger partial charge in [0, 0.05) is 30.6 Å². The molecule has 34 heavy (non-hydrogen) atoms. The molecule has 2 saturated heterocycles. The van der Waals surface area contributed by atoms with Gasteiger partial charge in [-0.2, -0.15) is 0 Å². The number of aromatic nitrogens is 1. The van der Waals surface area contributed by atoms with Gasteiger partial charge in [0.25, 0.3) is 0 Å². The Hall–Kier alpha value is -2.58. The fourth-order valence-electron chi connectivity index (χ4n) is 4.84. The van der Waals surface area contributed by atoms with E-state index in [1.54, 1.807) is 0 Å². The molecular formula is C27H31N3O3S. The van der Waals surface area contributed by atoms with E-state index < -0.39 is 0 Å². The molecule has 1 amide bonds. The lowest BCUT2D eigenvalue weighted by Gasteiger charge is -2.44. The van der Waals surface area contributed by atoms with E-state index in [1.165, 1.54) is 16.9 Å². The SMILES string of the molecule is Cc1ccc(-c2csc(NC(=O)CN3CCC4(CCCO4)C(OCc4ccccc4)C3)n2)cc1. The largest absolute Gasteiger partial charge is 0.372 e. The molecule has 5 rings (SSSR count). The first-order valence-electron chi connectivity index (χ1n) is 11.9. The van der Waals surface area contributed by atoms with Gasteiger partial charge in [0.2, 0.25) is 5.91 Å². The Balaban J connectivity index is 1.18. The van der Waals surface area contributed by atoms with Crippen LogP contribution in [0.2, 0.25) is 0 Å². The zero-order chi connectivity index (χ0) is 23.4. The Bertz CT molecular complexity index is 1090. The first-order valence-corrected chi connectivity index (χ1v) is 12.8. The monoisotopic (exact) mass is 477 g/mol. The molecular weight excluding hydrogens is 446 g/mol. The minimum absolute atomic E-state index is 0.0464. The molecule has 2 unspecified atom stereocenters. The second-order valence-electron chi connectivity index (χ2n) is 9.24. The molecule has 6 nitrogen and oxygen atoms in total. The summed E-state index contributed by atoms with van der Waals surface area (Å²) in [6, 6.07) is 18.5. The van der Waals surface area contributed by atoms with Gasteiger partial charge in [-0.1, -0.05) is 60.2 Å². The summed E-state index contributed by atoms with van der Waals surface area (Å²) < 4.78 is 12.6. The van der Waals surface area contributed by atoms with Crippen LogP contribution in [-0.4, -0.2) is 53.7 Å². The molecule has 2 aliphatic rings. The maximum absolute atomic E-state index is 12.8. The minimum atomic E-state index is -0.222. The van der Waals surface area contributed by atoms with Crippen LogP contribution in [0.1, 0.15) is 30.4 Å². The van der Waals surface area contributed by atoms with E-state index in [0.29, 0.717) is 24.8 Å². The van der Waals surface area contributed by atoms with Crippen LogP contribution in [0.4, 0.5) is 5.13 Å². The van der Waals surface area contributed by atoms with Crippen molar-refractivity contribution in [2.75, 3.05) is 31.6 Å². The predicted octanol–water partition coefficient (Wildman–Crippen LogP) is 4.90. The zero-order valence-electron chi connectivity index (χ0n) is 19.5. The summed E-state index contributed by atoms with van der Waals surface area (Å²) in [6.45, 7) is 5.24. The van der Waals surface area contributed by atoms with Crippen LogP contribution in [-0.2, 0) is 20.9 Å². The van der Waals surface area contributed by atoms with Gasteiger partial charge >= 0.3 is 0 Å². The third kappa shape index (κ3) is 5.39. The van der Waals surface area contributed by atoms with E-state index in [1.807, 2.05) is 23.6 Å². The molecule has 2 atom stereocenters. The molecule has 3 heterocycles. The van der Waals surface area contributed by atoms with Crippen molar-refractivity contribution in [2.45, 2.75) is 44.5 Å². The molecule has 1 N–H and O–H groups in total. The van der Waals surface area contributed by atoms with Crippen molar-refractivity contribution in [1.82, 2.24) is 9.88 Å². The summed E-state index contributed by atoms with van der Waals surface area (Å²) in [7, 11) is 0. The Labute approximate surface area is 204 Å². The first kappa shape index (κ1) is 23.2. The number of ether oxygens (including phenoxy) is 2. The fourth-order valence-corrected chi connectivity index (χ4v) is 5.58. The van der Waals surface area contributed by atoms with Crippen LogP contribution in [0.3, 0.4) is 0 Å². The number of nitrogens with one attached hydrogen (secondary N) is 1. The third-order valence-corrected chi connectivity index (χ3v) is 7.51. The smallest absolute Gasteiger partial charge is 0.240 e. The highest BCUT2D eigenvalue weighted by Gasteiger charge is 2.47. The third-order valence-electron chi connectivity index (χ3n) is 6.75. The number of nitrogens with zero attached hydrogens (tertiary/aromatic N) is 2. The number of benzene rings is 2. The Morgan fingerprint density at radius 2 is 2.03 bits per heavy atom. The topological polar surface area (TPSA) is 63.7 Å². The molecule has 3 aromatic rings. The van der Waals surface area contributed by atoms with Crippen molar-refractivity contribution < 1.29 is 14.3 Å². The minimum Gasteiger partial charge on any atom is -0.372 e. The summed E-state index contributed by atoms with van der Waals surface area (Å²) in [4.78, 5) is 19.6. The molecule has 0 bridgehead atoms.